The van der Waals surface area contributed by atoms with Crippen molar-refractivity contribution in [3.63, 3.8) is 0 Å². The number of carbonyl (C=O) groups excluding carboxylic acids is 1. The number of ether oxygens (including phenoxy) is 1. The van der Waals surface area contributed by atoms with Crippen molar-refractivity contribution in [2.75, 3.05) is 13.7 Å². The highest BCUT2D eigenvalue weighted by atomic mass is 16.5. The monoisotopic (exact) mass is 543 g/mol. The van der Waals surface area contributed by atoms with E-state index in [2.05, 4.69) is 84.1 Å². The van der Waals surface area contributed by atoms with Gasteiger partial charge in [0.2, 0.25) is 0 Å². The smallest absolute Gasteiger partial charge is 0.185 e. The number of aryl methyl sites for hydroxylation is 2. The molecule has 1 saturated carbocycles. The maximum atomic E-state index is 13.7. The summed E-state index contributed by atoms with van der Waals surface area (Å²) in [5.41, 5.74) is 6.83. The second-order valence-electron chi connectivity index (χ2n) is 11.1. The Morgan fingerprint density at radius 2 is 1.78 bits per heavy atom. The SMILES string of the molecule is CCc1cccc(-n2nc(C)cc2C(=O)Cc2cccc(C(NCC3CC3)c3c(OC)ccc4ccccc34)c2)c1. The van der Waals surface area contributed by atoms with E-state index in [0.29, 0.717) is 12.1 Å². The van der Waals surface area contributed by atoms with Gasteiger partial charge in [0.25, 0.3) is 0 Å². The fourth-order valence-electron chi connectivity index (χ4n) is 5.71. The minimum atomic E-state index is -0.0590. The summed E-state index contributed by atoms with van der Waals surface area (Å²) in [5, 5.41) is 10.9. The van der Waals surface area contributed by atoms with Gasteiger partial charge < -0.3 is 10.1 Å². The van der Waals surface area contributed by atoms with E-state index < -0.39 is 0 Å². The summed E-state index contributed by atoms with van der Waals surface area (Å²) < 4.78 is 7.69. The van der Waals surface area contributed by atoms with Gasteiger partial charge in [-0.3, -0.25) is 4.79 Å². The minimum Gasteiger partial charge on any atom is -0.496 e. The van der Waals surface area contributed by atoms with Crippen LogP contribution >= 0.6 is 0 Å². The van der Waals surface area contributed by atoms with E-state index in [4.69, 9.17) is 4.74 Å². The van der Waals surface area contributed by atoms with Crippen molar-refractivity contribution < 1.29 is 9.53 Å². The van der Waals surface area contributed by atoms with E-state index in [1.165, 1.54) is 29.2 Å². The highest BCUT2D eigenvalue weighted by molar-refractivity contribution is 5.96. The van der Waals surface area contributed by atoms with Crippen LogP contribution in [0.15, 0.2) is 91.0 Å². The number of fused-ring (bicyclic) bond motifs is 1. The second-order valence-corrected chi connectivity index (χ2v) is 11.1. The zero-order valence-electron chi connectivity index (χ0n) is 24.1. The highest BCUT2D eigenvalue weighted by Gasteiger charge is 2.26. The molecule has 1 unspecified atom stereocenters. The number of benzene rings is 4. The number of nitrogens with zero attached hydrogens (tertiary/aromatic N) is 2. The first-order chi connectivity index (χ1) is 20.0. The van der Waals surface area contributed by atoms with Crippen molar-refractivity contribution in [3.05, 3.63) is 125 Å². The van der Waals surface area contributed by atoms with E-state index in [1.807, 2.05) is 31.2 Å². The molecule has 0 saturated heterocycles. The van der Waals surface area contributed by atoms with Crippen molar-refractivity contribution in [2.24, 2.45) is 5.92 Å². The van der Waals surface area contributed by atoms with Crippen LogP contribution in [0.4, 0.5) is 0 Å². The molecule has 1 aliphatic rings. The fourth-order valence-corrected chi connectivity index (χ4v) is 5.71. The molecule has 6 rings (SSSR count). The number of hydrogen-bond donors (Lipinski definition) is 1. The first-order valence-electron chi connectivity index (χ1n) is 14.6. The number of Topliss-reactive ketones (excluding diaryl/α,β-unsaturated/α-hetero) is 1. The normalized spacial score (nSPS) is 13.8. The Kier molecular flexibility index (Phi) is 7.71. The number of rotatable bonds is 11. The largest absolute Gasteiger partial charge is 0.496 e. The lowest BCUT2D eigenvalue weighted by Gasteiger charge is -2.24. The molecule has 41 heavy (non-hydrogen) atoms. The molecule has 1 fully saturated rings. The van der Waals surface area contributed by atoms with Crippen molar-refractivity contribution in [2.45, 2.75) is 45.6 Å². The Hall–Kier alpha value is -4.22. The average molecular weight is 544 g/mol. The average Bonchev–Trinajstić information content (AvgIpc) is 3.75. The number of ketones is 1. The van der Waals surface area contributed by atoms with Gasteiger partial charge in [-0.05, 0) is 90.4 Å². The molecule has 0 aliphatic heterocycles. The maximum Gasteiger partial charge on any atom is 0.185 e. The molecule has 0 spiro atoms. The van der Waals surface area contributed by atoms with Gasteiger partial charge >= 0.3 is 0 Å². The van der Waals surface area contributed by atoms with Gasteiger partial charge in [0, 0.05) is 12.0 Å². The quantitative estimate of drug-likeness (QED) is 0.176. The lowest BCUT2D eigenvalue weighted by molar-refractivity contribution is 0.0985. The summed E-state index contributed by atoms with van der Waals surface area (Å²) in [5.74, 6) is 1.64. The van der Waals surface area contributed by atoms with Gasteiger partial charge in [-0.1, -0.05) is 73.7 Å². The van der Waals surface area contributed by atoms with Crippen LogP contribution in [0.25, 0.3) is 16.5 Å². The van der Waals surface area contributed by atoms with Crippen LogP contribution in [0.2, 0.25) is 0 Å². The molecule has 5 heteroatoms. The zero-order valence-corrected chi connectivity index (χ0v) is 24.1. The molecule has 0 radical (unpaired) electrons. The summed E-state index contributed by atoms with van der Waals surface area (Å²) in [6, 6.07) is 31.2. The molecule has 5 aromatic rings. The maximum absolute atomic E-state index is 13.7. The van der Waals surface area contributed by atoms with E-state index in [9.17, 15) is 4.79 Å². The first-order valence-corrected chi connectivity index (χ1v) is 14.6. The van der Waals surface area contributed by atoms with E-state index >= 15 is 0 Å². The Morgan fingerprint density at radius 1 is 0.976 bits per heavy atom. The first kappa shape index (κ1) is 27.0. The van der Waals surface area contributed by atoms with Crippen LogP contribution in [0.5, 0.6) is 5.75 Å². The molecule has 0 amide bonds. The predicted octanol–water partition coefficient (Wildman–Crippen LogP) is 7.42. The van der Waals surface area contributed by atoms with Crippen LogP contribution in [0.3, 0.4) is 0 Å². The Bertz CT molecular complexity index is 1700. The van der Waals surface area contributed by atoms with Crippen molar-refractivity contribution >= 4 is 16.6 Å². The van der Waals surface area contributed by atoms with E-state index in [0.717, 1.165) is 52.7 Å². The van der Waals surface area contributed by atoms with Crippen molar-refractivity contribution in [1.29, 1.82) is 0 Å². The van der Waals surface area contributed by atoms with Gasteiger partial charge in [-0.25, -0.2) is 4.68 Å². The van der Waals surface area contributed by atoms with Crippen LogP contribution < -0.4 is 10.1 Å². The van der Waals surface area contributed by atoms with E-state index in [-0.39, 0.29) is 11.8 Å². The van der Waals surface area contributed by atoms with Crippen LogP contribution in [0.1, 0.15) is 64.2 Å². The van der Waals surface area contributed by atoms with Gasteiger partial charge in [0.05, 0.1) is 24.5 Å². The van der Waals surface area contributed by atoms with Crippen LogP contribution in [-0.2, 0) is 12.8 Å². The van der Waals surface area contributed by atoms with Gasteiger partial charge in [0.1, 0.15) is 11.4 Å². The molecule has 0 bridgehead atoms. The summed E-state index contributed by atoms with van der Waals surface area (Å²) in [7, 11) is 1.74. The Balaban J connectivity index is 1.34. The number of hydrogen-bond acceptors (Lipinski definition) is 4. The minimum absolute atomic E-state index is 0.0508. The lowest BCUT2D eigenvalue weighted by atomic mass is 9.91. The third-order valence-electron chi connectivity index (χ3n) is 8.08. The molecule has 1 aliphatic carbocycles. The summed E-state index contributed by atoms with van der Waals surface area (Å²) in [6.07, 6.45) is 3.78. The van der Waals surface area contributed by atoms with Crippen molar-refractivity contribution in [1.82, 2.24) is 15.1 Å². The van der Waals surface area contributed by atoms with Crippen molar-refractivity contribution in [3.8, 4) is 11.4 Å². The molecule has 208 valence electrons. The molecule has 1 atom stereocenters. The zero-order chi connectivity index (χ0) is 28.3. The van der Waals surface area contributed by atoms with E-state index in [1.54, 1.807) is 11.8 Å². The third-order valence-corrected chi connectivity index (χ3v) is 8.08. The standard InChI is InChI=1S/C36H37N3O2/c1-4-25-9-8-13-30(21-25)39-32(19-24(2)38-39)33(40)22-27-10-7-12-29(20-27)36(37-23-26-15-16-26)35-31-14-6-5-11-28(31)17-18-34(35)41-3/h5-14,17-21,26,36-37H,4,15-16,22-23H2,1-3H3. The molecule has 1 aromatic heterocycles. The molecule has 1 heterocycles. The Labute approximate surface area is 242 Å². The summed E-state index contributed by atoms with van der Waals surface area (Å²) in [6.45, 7) is 5.02. The molecular formula is C36H37N3O2. The predicted molar refractivity (Wildman–Crippen MR) is 165 cm³/mol. The second kappa shape index (κ2) is 11.7. The van der Waals surface area contributed by atoms with Crippen LogP contribution in [0, 0.1) is 12.8 Å². The number of methoxy groups -OCH3 is 1. The lowest BCUT2D eigenvalue weighted by Crippen LogP contribution is -2.25. The topological polar surface area (TPSA) is 56.2 Å². The highest BCUT2D eigenvalue weighted by Crippen LogP contribution is 2.38. The number of nitrogens with one attached hydrogen (secondary N) is 1. The fraction of sp³-hybridized carbons (Fsp3) is 0.278. The number of aromatic nitrogens is 2. The summed E-state index contributed by atoms with van der Waals surface area (Å²) in [4.78, 5) is 13.7. The Morgan fingerprint density at radius 3 is 2.59 bits per heavy atom. The number of carbonyl (C=O) groups is 1. The summed E-state index contributed by atoms with van der Waals surface area (Å²) >= 11 is 0. The molecule has 5 nitrogen and oxygen atoms in total. The van der Waals surface area contributed by atoms with Gasteiger partial charge in [-0.2, -0.15) is 5.10 Å². The molecule has 1 N–H and O–H groups in total. The third kappa shape index (κ3) is 5.82. The van der Waals surface area contributed by atoms with Gasteiger partial charge in [-0.15, -0.1) is 0 Å². The molecular weight excluding hydrogens is 506 g/mol. The van der Waals surface area contributed by atoms with Crippen LogP contribution in [-0.4, -0.2) is 29.2 Å². The molecule has 4 aromatic carbocycles. The van der Waals surface area contributed by atoms with Gasteiger partial charge in [0.15, 0.2) is 5.78 Å².